The van der Waals surface area contributed by atoms with Crippen LogP contribution in [0.4, 0.5) is 0 Å². The summed E-state index contributed by atoms with van der Waals surface area (Å²) < 4.78 is 0. The van der Waals surface area contributed by atoms with Crippen LogP contribution >= 0.6 is 11.8 Å². The number of nitriles is 1. The molecule has 1 aromatic heterocycles. The van der Waals surface area contributed by atoms with E-state index in [9.17, 15) is 4.79 Å². The molecule has 0 spiro atoms. The van der Waals surface area contributed by atoms with E-state index in [1.807, 2.05) is 19.1 Å². The molecule has 0 bridgehead atoms. The summed E-state index contributed by atoms with van der Waals surface area (Å²) in [7, 11) is 0. The summed E-state index contributed by atoms with van der Waals surface area (Å²) >= 11 is 1.55. The largest absolute Gasteiger partial charge is 0.349 e. The van der Waals surface area contributed by atoms with Gasteiger partial charge in [-0.2, -0.15) is 10.4 Å². The van der Waals surface area contributed by atoms with Gasteiger partial charge in [0.15, 0.2) is 0 Å². The first-order chi connectivity index (χ1) is 10.2. The van der Waals surface area contributed by atoms with Gasteiger partial charge in [0.05, 0.1) is 29.6 Å². The zero-order valence-electron chi connectivity index (χ0n) is 11.7. The number of carbonyl (C=O) groups is 1. The number of amides is 1. The molecule has 0 saturated heterocycles. The molecular weight excluding hydrogens is 284 g/mol. The lowest BCUT2D eigenvalue weighted by Crippen LogP contribution is -2.28. The van der Waals surface area contributed by atoms with E-state index in [4.69, 9.17) is 5.26 Å². The van der Waals surface area contributed by atoms with Gasteiger partial charge in [0, 0.05) is 17.5 Å². The van der Waals surface area contributed by atoms with Crippen LogP contribution in [-0.4, -0.2) is 21.9 Å². The van der Waals surface area contributed by atoms with Gasteiger partial charge in [-0.25, -0.2) is 0 Å². The molecule has 0 aliphatic rings. The third-order valence-electron chi connectivity index (χ3n) is 2.98. The molecule has 1 atom stereocenters. The Morgan fingerprint density at radius 1 is 1.48 bits per heavy atom. The summed E-state index contributed by atoms with van der Waals surface area (Å²) in [5.74, 6) is 1.16. The monoisotopic (exact) mass is 300 g/mol. The maximum absolute atomic E-state index is 11.8. The second-order valence-electron chi connectivity index (χ2n) is 4.62. The number of benzene rings is 1. The van der Waals surface area contributed by atoms with Crippen molar-refractivity contribution >= 4 is 17.7 Å². The first-order valence-electron chi connectivity index (χ1n) is 6.54. The van der Waals surface area contributed by atoms with Gasteiger partial charge in [-0.1, -0.05) is 12.1 Å². The number of hydrogen-bond acceptors (Lipinski definition) is 4. The van der Waals surface area contributed by atoms with Gasteiger partial charge in [0.25, 0.3) is 0 Å². The van der Waals surface area contributed by atoms with Gasteiger partial charge < -0.3 is 5.32 Å². The molecule has 5 nitrogen and oxygen atoms in total. The van der Waals surface area contributed by atoms with E-state index in [2.05, 4.69) is 21.6 Å². The highest BCUT2D eigenvalue weighted by Crippen LogP contribution is 2.14. The van der Waals surface area contributed by atoms with E-state index < -0.39 is 0 Å². The number of carbonyl (C=O) groups excluding carboxylic acids is 1. The topological polar surface area (TPSA) is 81.6 Å². The minimum atomic E-state index is -0.0493. The van der Waals surface area contributed by atoms with Crippen LogP contribution in [-0.2, 0) is 10.5 Å². The van der Waals surface area contributed by atoms with Crippen LogP contribution in [0.15, 0.2) is 36.7 Å². The van der Waals surface area contributed by atoms with E-state index >= 15 is 0 Å². The van der Waals surface area contributed by atoms with E-state index in [0.717, 1.165) is 16.9 Å². The molecule has 0 radical (unpaired) electrons. The van der Waals surface area contributed by atoms with Crippen molar-refractivity contribution in [3.63, 3.8) is 0 Å². The number of thioether (sulfide) groups is 1. The molecule has 108 valence electrons. The standard InChI is InChI=1S/C15H16N4OS/c1-11(14-7-17-18-8-14)19-15(20)10-21-9-13-4-2-12(6-16)3-5-13/h2-5,7-8,11H,9-10H2,1H3,(H,17,18)(H,19,20)/t11-/m0/s1. The van der Waals surface area contributed by atoms with Crippen LogP contribution in [0.25, 0.3) is 0 Å². The molecule has 21 heavy (non-hydrogen) atoms. The Morgan fingerprint density at radius 3 is 2.86 bits per heavy atom. The quantitative estimate of drug-likeness (QED) is 0.858. The van der Waals surface area contributed by atoms with Crippen molar-refractivity contribution < 1.29 is 4.79 Å². The van der Waals surface area contributed by atoms with Crippen molar-refractivity contribution in [2.24, 2.45) is 0 Å². The van der Waals surface area contributed by atoms with Gasteiger partial charge >= 0.3 is 0 Å². The summed E-state index contributed by atoms with van der Waals surface area (Å²) in [5, 5.41) is 18.2. The predicted molar refractivity (Wildman–Crippen MR) is 82.5 cm³/mol. The Bertz CT molecular complexity index is 616. The van der Waals surface area contributed by atoms with Gasteiger partial charge in [-0.05, 0) is 24.6 Å². The molecule has 2 N–H and O–H groups in total. The Labute approximate surface area is 127 Å². The van der Waals surface area contributed by atoms with Crippen LogP contribution in [0.5, 0.6) is 0 Å². The molecule has 2 aromatic rings. The third-order valence-corrected chi connectivity index (χ3v) is 3.99. The molecule has 0 aliphatic heterocycles. The fourth-order valence-corrected chi connectivity index (χ4v) is 2.60. The molecule has 0 unspecified atom stereocenters. The average Bonchev–Trinajstić information content (AvgIpc) is 3.02. The van der Waals surface area contributed by atoms with Crippen molar-refractivity contribution in [1.29, 1.82) is 5.26 Å². The number of hydrogen-bond donors (Lipinski definition) is 2. The number of nitrogens with zero attached hydrogens (tertiary/aromatic N) is 2. The zero-order chi connectivity index (χ0) is 15.1. The van der Waals surface area contributed by atoms with Crippen molar-refractivity contribution in [1.82, 2.24) is 15.5 Å². The minimum absolute atomic E-state index is 0.00217. The molecule has 1 heterocycles. The van der Waals surface area contributed by atoms with E-state index in [1.165, 1.54) is 0 Å². The Kier molecular flexibility index (Phi) is 5.41. The van der Waals surface area contributed by atoms with Crippen molar-refractivity contribution in [3.05, 3.63) is 53.3 Å². The number of aromatic nitrogens is 2. The number of H-pyrrole nitrogens is 1. The summed E-state index contributed by atoms with van der Waals surface area (Å²) in [5.41, 5.74) is 2.71. The van der Waals surface area contributed by atoms with Crippen LogP contribution < -0.4 is 5.32 Å². The maximum atomic E-state index is 11.8. The van der Waals surface area contributed by atoms with Crippen LogP contribution in [0, 0.1) is 11.3 Å². The van der Waals surface area contributed by atoms with Crippen LogP contribution in [0.2, 0.25) is 0 Å². The lowest BCUT2D eigenvalue weighted by Gasteiger charge is -2.11. The summed E-state index contributed by atoms with van der Waals surface area (Å²) in [6, 6.07) is 9.44. The Morgan fingerprint density at radius 2 is 2.24 bits per heavy atom. The smallest absolute Gasteiger partial charge is 0.230 e. The highest BCUT2D eigenvalue weighted by molar-refractivity contribution is 7.99. The molecule has 0 saturated carbocycles. The molecule has 6 heteroatoms. The maximum Gasteiger partial charge on any atom is 0.230 e. The highest BCUT2D eigenvalue weighted by atomic mass is 32.2. The number of rotatable bonds is 6. The van der Waals surface area contributed by atoms with Crippen molar-refractivity contribution in [3.8, 4) is 6.07 Å². The van der Waals surface area contributed by atoms with Crippen molar-refractivity contribution in [2.75, 3.05) is 5.75 Å². The lowest BCUT2D eigenvalue weighted by molar-refractivity contribution is -0.119. The molecule has 0 fully saturated rings. The van der Waals surface area contributed by atoms with E-state index in [0.29, 0.717) is 11.3 Å². The minimum Gasteiger partial charge on any atom is -0.349 e. The van der Waals surface area contributed by atoms with Gasteiger partial charge in [0.1, 0.15) is 0 Å². The molecular formula is C15H16N4OS. The predicted octanol–water partition coefficient (Wildman–Crippen LogP) is 2.39. The second-order valence-corrected chi connectivity index (χ2v) is 5.61. The SMILES string of the molecule is C[C@H](NC(=O)CSCc1ccc(C#N)cc1)c1cn[nH]c1. The average molecular weight is 300 g/mol. The highest BCUT2D eigenvalue weighted by Gasteiger charge is 2.10. The zero-order valence-corrected chi connectivity index (χ0v) is 12.5. The molecule has 1 amide bonds. The molecule has 1 aromatic carbocycles. The van der Waals surface area contributed by atoms with Gasteiger partial charge in [-0.15, -0.1) is 11.8 Å². The first kappa shape index (κ1) is 15.1. The fourth-order valence-electron chi connectivity index (χ4n) is 1.80. The first-order valence-corrected chi connectivity index (χ1v) is 7.69. The van der Waals surface area contributed by atoms with Gasteiger partial charge in [-0.3, -0.25) is 9.89 Å². The van der Waals surface area contributed by atoms with E-state index in [-0.39, 0.29) is 11.9 Å². The molecule has 2 rings (SSSR count). The van der Waals surface area contributed by atoms with Crippen LogP contribution in [0.1, 0.15) is 29.7 Å². The Balaban J connectivity index is 1.72. The normalized spacial score (nSPS) is 11.6. The Hall–Kier alpha value is -2.26. The molecule has 0 aliphatic carbocycles. The second kappa shape index (κ2) is 7.50. The van der Waals surface area contributed by atoms with Crippen molar-refractivity contribution in [2.45, 2.75) is 18.7 Å². The number of nitrogens with one attached hydrogen (secondary N) is 2. The number of aromatic amines is 1. The summed E-state index contributed by atoms with van der Waals surface area (Å²) in [6.45, 7) is 1.92. The van der Waals surface area contributed by atoms with E-state index in [1.54, 1.807) is 36.3 Å². The fraction of sp³-hybridized carbons (Fsp3) is 0.267. The van der Waals surface area contributed by atoms with Crippen LogP contribution in [0.3, 0.4) is 0 Å². The third kappa shape index (κ3) is 4.65. The summed E-state index contributed by atoms with van der Waals surface area (Å²) in [6.07, 6.45) is 3.48. The van der Waals surface area contributed by atoms with Gasteiger partial charge in [0.2, 0.25) is 5.91 Å². The summed E-state index contributed by atoms with van der Waals surface area (Å²) in [4.78, 5) is 11.8. The lowest BCUT2D eigenvalue weighted by atomic mass is 10.2.